The molecule has 0 aliphatic heterocycles. The van der Waals surface area contributed by atoms with Crippen LogP contribution in [0.2, 0.25) is 0 Å². The second kappa shape index (κ2) is 5.41. The smallest absolute Gasteiger partial charge is 0.140 e. The molecule has 0 saturated heterocycles. The molecule has 1 heterocycles. The lowest BCUT2D eigenvalue weighted by Gasteiger charge is -2.33. The number of ketones is 1. The van der Waals surface area contributed by atoms with E-state index in [4.69, 9.17) is 0 Å². The zero-order valence-corrected chi connectivity index (χ0v) is 12.7. The van der Waals surface area contributed by atoms with Crippen molar-refractivity contribution in [2.24, 2.45) is 10.8 Å². The molecule has 108 valence electrons. The highest BCUT2D eigenvalue weighted by atomic mass is 16.3. The molecule has 2 atom stereocenters. The number of aliphatic hydroxyl groups is 1. The molecule has 0 aliphatic carbocycles. The third-order valence-corrected chi connectivity index (χ3v) is 3.26. The van der Waals surface area contributed by atoms with Gasteiger partial charge in [-0.3, -0.25) is 4.79 Å². The molecule has 5 heteroatoms. The lowest BCUT2D eigenvalue weighted by Crippen LogP contribution is -2.38. The van der Waals surface area contributed by atoms with E-state index in [9.17, 15) is 9.90 Å². The van der Waals surface area contributed by atoms with Gasteiger partial charge in [0.15, 0.2) is 0 Å². The van der Waals surface area contributed by atoms with Crippen molar-refractivity contribution in [1.82, 2.24) is 14.8 Å². The van der Waals surface area contributed by atoms with Crippen LogP contribution < -0.4 is 0 Å². The molecule has 19 heavy (non-hydrogen) atoms. The van der Waals surface area contributed by atoms with Crippen LogP contribution in [-0.4, -0.2) is 31.8 Å². The predicted molar refractivity (Wildman–Crippen MR) is 73.6 cm³/mol. The molecule has 0 aliphatic rings. The monoisotopic (exact) mass is 267 g/mol. The normalized spacial score (nSPS) is 16.2. The summed E-state index contributed by atoms with van der Waals surface area (Å²) in [7, 11) is 0. The van der Waals surface area contributed by atoms with Gasteiger partial charge in [-0.15, -0.1) is 0 Å². The molecule has 1 rings (SSSR count). The number of hydrogen-bond donors (Lipinski definition) is 1. The van der Waals surface area contributed by atoms with Crippen molar-refractivity contribution >= 4 is 5.78 Å². The average Bonchev–Trinajstić information content (AvgIpc) is 2.74. The van der Waals surface area contributed by atoms with Crippen LogP contribution in [0.25, 0.3) is 0 Å². The number of aromatic nitrogens is 3. The average molecular weight is 267 g/mol. The lowest BCUT2D eigenvalue weighted by molar-refractivity contribution is -0.128. The summed E-state index contributed by atoms with van der Waals surface area (Å²) in [6.07, 6.45) is 2.56. The maximum Gasteiger partial charge on any atom is 0.140 e. The van der Waals surface area contributed by atoms with Gasteiger partial charge in [0.25, 0.3) is 0 Å². The first-order chi connectivity index (χ1) is 8.53. The maximum absolute atomic E-state index is 12.2. The van der Waals surface area contributed by atoms with Gasteiger partial charge in [0.1, 0.15) is 18.4 Å². The molecule has 0 saturated carbocycles. The molecule has 0 bridgehead atoms. The summed E-state index contributed by atoms with van der Waals surface area (Å²) in [5, 5.41) is 14.6. The summed E-state index contributed by atoms with van der Waals surface area (Å²) in [6.45, 7) is 11.5. The van der Waals surface area contributed by atoms with E-state index >= 15 is 0 Å². The molecule has 1 aromatic rings. The van der Waals surface area contributed by atoms with Gasteiger partial charge in [0.05, 0.1) is 12.1 Å². The molecule has 1 N–H and O–H groups in total. The van der Waals surface area contributed by atoms with Crippen LogP contribution in [0.4, 0.5) is 0 Å². The second-order valence-corrected chi connectivity index (χ2v) is 7.13. The third kappa shape index (κ3) is 4.13. The Labute approximate surface area is 115 Å². The minimum atomic E-state index is -0.666. The van der Waals surface area contributed by atoms with E-state index in [1.54, 1.807) is 11.0 Å². The van der Waals surface area contributed by atoms with Gasteiger partial charge in [-0.25, -0.2) is 9.67 Å². The summed E-state index contributed by atoms with van der Waals surface area (Å²) >= 11 is 0. The standard InChI is InChI=1S/C14H25N3O2/c1-13(2,3)11(18)7-10(12(19)14(4,5)6)17-9-15-8-16-17/h8-10,12,19H,7H2,1-6H3/t10-,12+/m0/s1. The van der Waals surface area contributed by atoms with E-state index in [1.165, 1.54) is 6.33 Å². The highest BCUT2D eigenvalue weighted by Gasteiger charge is 2.35. The molecule has 0 spiro atoms. The summed E-state index contributed by atoms with van der Waals surface area (Å²) in [5.74, 6) is 0.108. The van der Waals surface area contributed by atoms with Crippen LogP contribution in [0.1, 0.15) is 54.0 Å². The van der Waals surface area contributed by atoms with Crippen molar-refractivity contribution in [3.63, 3.8) is 0 Å². The number of Topliss-reactive ketones (excluding diaryl/α,β-unsaturated/α-hetero) is 1. The first kappa shape index (κ1) is 15.8. The van der Waals surface area contributed by atoms with Gasteiger partial charge >= 0.3 is 0 Å². The largest absolute Gasteiger partial charge is 0.390 e. The summed E-state index contributed by atoms with van der Waals surface area (Å²) in [5.41, 5.74) is -0.745. The van der Waals surface area contributed by atoms with Crippen molar-refractivity contribution in [3.8, 4) is 0 Å². The Morgan fingerprint density at radius 2 is 1.84 bits per heavy atom. The third-order valence-electron chi connectivity index (χ3n) is 3.26. The SMILES string of the molecule is CC(C)(C)C(=O)C[C@@H]([C@@H](O)C(C)(C)C)n1cncn1. The first-order valence-electron chi connectivity index (χ1n) is 6.59. The van der Waals surface area contributed by atoms with E-state index in [2.05, 4.69) is 10.1 Å². The van der Waals surface area contributed by atoms with Crippen LogP contribution in [0.3, 0.4) is 0 Å². The number of aliphatic hydroxyl groups excluding tert-OH is 1. The molecule has 0 fully saturated rings. The zero-order chi connectivity index (χ0) is 14.8. The van der Waals surface area contributed by atoms with E-state index in [0.717, 1.165) is 0 Å². The van der Waals surface area contributed by atoms with Crippen molar-refractivity contribution in [2.45, 2.75) is 60.1 Å². The molecular weight excluding hydrogens is 242 g/mol. The number of hydrogen-bond acceptors (Lipinski definition) is 4. The van der Waals surface area contributed by atoms with Crippen molar-refractivity contribution < 1.29 is 9.90 Å². The van der Waals surface area contributed by atoms with Gasteiger partial charge in [0.2, 0.25) is 0 Å². The van der Waals surface area contributed by atoms with Crippen LogP contribution in [0.15, 0.2) is 12.7 Å². The van der Waals surface area contributed by atoms with Crippen LogP contribution in [0.5, 0.6) is 0 Å². The number of carbonyl (C=O) groups is 1. The van der Waals surface area contributed by atoms with Gasteiger partial charge in [-0.05, 0) is 5.41 Å². The Morgan fingerprint density at radius 3 is 2.21 bits per heavy atom. The van der Waals surface area contributed by atoms with Crippen molar-refractivity contribution in [3.05, 3.63) is 12.7 Å². The number of rotatable bonds is 4. The van der Waals surface area contributed by atoms with Gasteiger partial charge < -0.3 is 5.11 Å². The van der Waals surface area contributed by atoms with Crippen LogP contribution in [-0.2, 0) is 4.79 Å². The summed E-state index contributed by atoms with van der Waals surface area (Å²) in [6, 6.07) is -0.380. The molecule has 0 aromatic carbocycles. The minimum absolute atomic E-state index is 0.108. The van der Waals surface area contributed by atoms with E-state index in [0.29, 0.717) is 0 Å². The van der Waals surface area contributed by atoms with Crippen molar-refractivity contribution in [1.29, 1.82) is 0 Å². The molecular formula is C14H25N3O2. The lowest BCUT2D eigenvalue weighted by atomic mass is 9.80. The van der Waals surface area contributed by atoms with E-state index < -0.39 is 11.5 Å². The number of carbonyl (C=O) groups excluding carboxylic acids is 1. The first-order valence-corrected chi connectivity index (χ1v) is 6.59. The number of nitrogens with zero attached hydrogens (tertiary/aromatic N) is 3. The van der Waals surface area contributed by atoms with Crippen molar-refractivity contribution in [2.75, 3.05) is 0 Å². The Kier molecular flexibility index (Phi) is 4.50. The highest BCUT2D eigenvalue weighted by molar-refractivity contribution is 5.84. The molecule has 0 unspecified atom stereocenters. The van der Waals surface area contributed by atoms with Gasteiger partial charge in [-0.1, -0.05) is 41.5 Å². The Balaban J connectivity index is 2.99. The van der Waals surface area contributed by atoms with E-state index in [1.807, 2.05) is 41.5 Å². The summed E-state index contributed by atoms with van der Waals surface area (Å²) in [4.78, 5) is 16.1. The fourth-order valence-corrected chi connectivity index (χ4v) is 1.81. The molecule has 0 amide bonds. The predicted octanol–water partition coefficient (Wildman–Crippen LogP) is 2.23. The molecule has 5 nitrogen and oxygen atoms in total. The molecule has 1 aromatic heterocycles. The maximum atomic E-state index is 12.2. The zero-order valence-electron chi connectivity index (χ0n) is 12.7. The quantitative estimate of drug-likeness (QED) is 0.908. The Bertz CT molecular complexity index is 413. The van der Waals surface area contributed by atoms with E-state index in [-0.39, 0.29) is 23.7 Å². The fraction of sp³-hybridized carbons (Fsp3) is 0.786. The summed E-state index contributed by atoms with van der Waals surface area (Å²) < 4.78 is 1.58. The van der Waals surface area contributed by atoms with Gasteiger partial charge in [0, 0.05) is 11.8 Å². The highest BCUT2D eigenvalue weighted by Crippen LogP contribution is 2.32. The fourth-order valence-electron chi connectivity index (χ4n) is 1.81. The van der Waals surface area contributed by atoms with Crippen LogP contribution in [0, 0.1) is 10.8 Å². The van der Waals surface area contributed by atoms with Gasteiger partial charge in [-0.2, -0.15) is 5.10 Å². The Morgan fingerprint density at radius 1 is 1.26 bits per heavy atom. The molecule has 0 radical (unpaired) electrons. The second-order valence-electron chi connectivity index (χ2n) is 7.13. The van der Waals surface area contributed by atoms with Crippen LogP contribution >= 0.6 is 0 Å². The topological polar surface area (TPSA) is 68.0 Å². The minimum Gasteiger partial charge on any atom is -0.390 e. The Hall–Kier alpha value is -1.23.